The average Bonchev–Trinajstić information content (AvgIpc) is 3.05. The van der Waals surface area contributed by atoms with Crippen molar-refractivity contribution in [3.8, 4) is 0 Å². The number of fused-ring (bicyclic) bond motifs is 1. The van der Waals surface area contributed by atoms with Crippen LogP contribution in [0.4, 0.5) is 5.13 Å². The molecule has 8 heteroatoms. The largest absolute Gasteiger partial charge is 0.375 e. The smallest absolute Gasteiger partial charge is 0.246 e. The molecule has 0 unspecified atom stereocenters. The normalized spacial score (nSPS) is 12.0. The monoisotopic (exact) mass is 334 g/mol. The fourth-order valence-corrected chi connectivity index (χ4v) is 4.23. The maximum absolute atomic E-state index is 12.4. The van der Waals surface area contributed by atoms with Crippen LogP contribution in [-0.4, -0.2) is 27.8 Å². The number of carbonyl (C=O) groups excluding carboxylic acids is 1. The molecule has 0 aliphatic carbocycles. The van der Waals surface area contributed by atoms with Crippen LogP contribution in [0.15, 0.2) is 39.0 Å². The molecule has 0 aliphatic heterocycles. The maximum atomic E-state index is 12.4. The molecule has 0 spiro atoms. The number of nitrogens with zero attached hydrogens (tertiary/aromatic N) is 3. The van der Waals surface area contributed by atoms with Gasteiger partial charge in [-0.2, -0.15) is 0 Å². The first-order valence-corrected chi connectivity index (χ1v) is 8.44. The fourth-order valence-electron chi connectivity index (χ4n) is 1.73. The van der Waals surface area contributed by atoms with E-state index in [2.05, 4.69) is 15.0 Å². The first-order chi connectivity index (χ1) is 10.2. The highest BCUT2D eigenvalue weighted by Crippen LogP contribution is 2.30. The minimum Gasteiger partial charge on any atom is -0.375 e. The van der Waals surface area contributed by atoms with E-state index < -0.39 is 0 Å². The summed E-state index contributed by atoms with van der Waals surface area (Å²) in [5, 5.41) is 1.97. The molecule has 2 heterocycles. The highest BCUT2D eigenvalue weighted by molar-refractivity contribution is 8.16. The Morgan fingerprint density at radius 3 is 2.81 bits per heavy atom. The third kappa shape index (κ3) is 2.97. The zero-order valence-electron chi connectivity index (χ0n) is 10.9. The van der Waals surface area contributed by atoms with Gasteiger partial charge >= 0.3 is 0 Å². The molecule has 5 nitrogen and oxygen atoms in total. The number of hydrogen-bond acceptors (Lipinski definition) is 8. The molecule has 0 fully saturated rings. The molecule has 3 aromatic rings. The number of para-hydroxylation sites is 1. The van der Waals surface area contributed by atoms with Gasteiger partial charge in [-0.1, -0.05) is 12.1 Å². The van der Waals surface area contributed by atoms with E-state index in [-0.39, 0.29) is 5.12 Å². The number of benzene rings is 1. The van der Waals surface area contributed by atoms with E-state index in [1.807, 2.05) is 24.3 Å². The summed E-state index contributed by atoms with van der Waals surface area (Å²) in [5.74, 6) is 0. The van der Waals surface area contributed by atoms with Gasteiger partial charge in [-0.15, -0.1) is 22.7 Å². The second-order valence-electron chi connectivity index (χ2n) is 3.98. The molecule has 3 rings (SSSR count). The van der Waals surface area contributed by atoms with Crippen LogP contribution in [-0.2, 0) is 4.79 Å². The van der Waals surface area contributed by atoms with Gasteiger partial charge in [0.05, 0.1) is 10.2 Å². The van der Waals surface area contributed by atoms with Gasteiger partial charge in [0.1, 0.15) is 11.4 Å². The van der Waals surface area contributed by atoms with Crippen molar-refractivity contribution < 1.29 is 4.79 Å². The second kappa shape index (κ2) is 5.92. The number of aliphatic imine (C=N–C) groups is 1. The molecular formula is C13H10N4OS3. The molecule has 0 saturated heterocycles. The van der Waals surface area contributed by atoms with Gasteiger partial charge in [0.2, 0.25) is 5.12 Å². The summed E-state index contributed by atoms with van der Waals surface area (Å²) in [6, 6.07) is 7.79. The van der Waals surface area contributed by atoms with Crippen LogP contribution in [0.1, 0.15) is 5.69 Å². The first-order valence-electron chi connectivity index (χ1n) is 5.93. The third-order valence-electron chi connectivity index (χ3n) is 2.64. The Morgan fingerprint density at radius 1 is 1.33 bits per heavy atom. The van der Waals surface area contributed by atoms with Crippen LogP contribution in [0.5, 0.6) is 0 Å². The lowest BCUT2D eigenvalue weighted by Gasteiger charge is -1.98. The molecule has 0 radical (unpaired) electrons. The van der Waals surface area contributed by atoms with E-state index in [9.17, 15) is 4.79 Å². The summed E-state index contributed by atoms with van der Waals surface area (Å²) >= 11 is 3.84. The molecule has 1 aromatic carbocycles. The van der Waals surface area contributed by atoms with Crippen LogP contribution < -0.4 is 5.73 Å². The molecule has 0 aliphatic rings. The van der Waals surface area contributed by atoms with Gasteiger partial charge in [-0.25, -0.2) is 9.97 Å². The minimum absolute atomic E-state index is 0.179. The number of anilines is 1. The summed E-state index contributed by atoms with van der Waals surface area (Å²) in [6.45, 7) is 0. The van der Waals surface area contributed by atoms with E-state index in [0.29, 0.717) is 20.9 Å². The Balaban J connectivity index is 1.84. The molecule has 2 N–H and O–H groups in total. The van der Waals surface area contributed by atoms with Crippen LogP contribution >= 0.6 is 34.4 Å². The predicted molar refractivity (Wildman–Crippen MR) is 89.5 cm³/mol. The van der Waals surface area contributed by atoms with E-state index in [0.717, 1.165) is 22.0 Å². The lowest BCUT2D eigenvalue weighted by Crippen LogP contribution is -2.12. The van der Waals surface area contributed by atoms with Gasteiger partial charge in [-0.05, 0) is 23.9 Å². The van der Waals surface area contributed by atoms with Crippen LogP contribution in [0.25, 0.3) is 10.2 Å². The Morgan fingerprint density at radius 2 is 2.14 bits per heavy atom. The van der Waals surface area contributed by atoms with Crippen LogP contribution in [0, 0.1) is 0 Å². The van der Waals surface area contributed by atoms with E-state index in [1.54, 1.807) is 12.4 Å². The molecule has 0 atom stereocenters. The molecule has 0 saturated carbocycles. The molecule has 0 amide bonds. The van der Waals surface area contributed by atoms with Crippen molar-refractivity contribution in [2.24, 2.45) is 4.99 Å². The lowest BCUT2D eigenvalue weighted by atomic mass is 10.3. The van der Waals surface area contributed by atoms with Crippen molar-refractivity contribution in [1.29, 1.82) is 0 Å². The number of carbonyl (C=O) groups is 1. The average molecular weight is 334 g/mol. The summed E-state index contributed by atoms with van der Waals surface area (Å²) in [5.41, 5.74) is 7.32. The highest BCUT2D eigenvalue weighted by atomic mass is 32.2. The van der Waals surface area contributed by atoms with Crippen molar-refractivity contribution in [3.05, 3.63) is 35.3 Å². The number of nitrogen functional groups attached to an aromatic ring is 1. The van der Waals surface area contributed by atoms with Gasteiger partial charge in [0.15, 0.2) is 9.47 Å². The Bertz CT molecular complexity index is 804. The lowest BCUT2D eigenvalue weighted by molar-refractivity contribution is -0.105. The van der Waals surface area contributed by atoms with Gasteiger partial charge < -0.3 is 5.73 Å². The standard InChI is InChI=1S/C13H10N4OS3/c1-15-10(8-6-19-12(14)16-8)11(18)21-13-17-7-4-2-3-5-9(7)20-13/h2-6H,1H3,(H2,14,16)/b15-10-. The maximum Gasteiger partial charge on any atom is 0.246 e. The van der Waals surface area contributed by atoms with Gasteiger partial charge in [0, 0.05) is 12.4 Å². The topological polar surface area (TPSA) is 81.2 Å². The zero-order chi connectivity index (χ0) is 14.8. The van der Waals surface area contributed by atoms with E-state index in [4.69, 9.17) is 5.73 Å². The van der Waals surface area contributed by atoms with Crippen molar-refractivity contribution in [3.63, 3.8) is 0 Å². The Labute approximate surface area is 133 Å². The van der Waals surface area contributed by atoms with Crippen molar-refractivity contribution in [1.82, 2.24) is 9.97 Å². The Hall–Kier alpha value is -1.77. The number of hydrogen-bond donors (Lipinski definition) is 1. The van der Waals surface area contributed by atoms with Crippen molar-refractivity contribution in [2.75, 3.05) is 12.8 Å². The van der Waals surface area contributed by atoms with Crippen LogP contribution in [0.3, 0.4) is 0 Å². The second-order valence-corrected chi connectivity index (χ2v) is 7.12. The first kappa shape index (κ1) is 14.2. The molecule has 21 heavy (non-hydrogen) atoms. The Kier molecular flexibility index (Phi) is 4.00. The number of nitrogens with two attached hydrogens (primary N) is 1. The van der Waals surface area contributed by atoms with Crippen molar-refractivity contribution in [2.45, 2.75) is 4.34 Å². The summed E-state index contributed by atoms with van der Waals surface area (Å²) in [4.78, 5) is 24.9. The number of rotatable bonds is 3. The van der Waals surface area contributed by atoms with E-state index in [1.165, 1.54) is 22.7 Å². The van der Waals surface area contributed by atoms with Gasteiger partial charge in [0.25, 0.3) is 0 Å². The zero-order valence-corrected chi connectivity index (χ0v) is 13.4. The SMILES string of the molecule is C/N=C(\C(=O)Sc1nc2ccccc2s1)c1csc(N)n1. The van der Waals surface area contributed by atoms with Gasteiger partial charge in [-0.3, -0.25) is 9.79 Å². The fraction of sp³-hybridized carbons (Fsp3) is 0.0769. The van der Waals surface area contributed by atoms with Crippen molar-refractivity contribution >= 4 is 60.6 Å². The predicted octanol–water partition coefficient (Wildman–Crippen LogP) is 3.07. The number of thiazole rings is 2. The summed E-state index contributed by atoms with van der Waals surface area (Å²) < 4.78 is 1.76. The highest BCUT2D eigenvalue weighted by Gasteiger charge is 2.19. The number of thioether (sulfide) groups is 1. The number of aromatic nitrogens is 2. The molecule has 0 bridgehead atoms. The molecular weight excluding hydrogens is 324 g/mol. The summed E-state index contributed by atoms with van der Waals surface area (Å²) in [6.07, 6.45) is 0. The quantitative estimate of drug-likeness (QED) is 0.588. The molecule has 2 aromatic heterocycles. The molecule has 106 valence electrons. The summed E-state index contributed by atoms with van der Waals surface area (Å²) in [7, 11) is 1.57. The van der Waals surface area contributed by atoms with Crippen LogP contribution in [0.2, 0.25) is 0 Å². The minimum atomic E-state index is -0.179. The van der Waals surface area contributed by atoms with E-state index >= 15 is 0 Å². The third-order valence-corrected chi connectivity index (χ3v) is 5.29.